The van der Waals surface area contributed by atoms with Gasteiger partial charge in [-0.05, 0) is 31.5 Å². The Kier molecular flexibility index (Phi) is 4.22. The standard InChI is InChI=1S/C13H18N4O2S/c1-9(15-7-12-8-16-17-10(12)2)11-3-5-13(6-4-11)20(14,18)19/h3-6,8-9,15H,7H2,1-2H3,(H,16,17)(H2,14,18,19). The lowest BCUT2D eigenvalue weighted by molar-refractivity contribution is 0.572. The molecule has 2 rings (SSSR count). The normalized spacial score (nSPS) is 13.3. The second kappa shape index (κ2) is 5.74. The highest BCUT2D eigenvalue weighted by atomic mass is 32.2. The number of benzene rings is 1. The van der Waals surface area contributed by atoms with Crippen molar-refractivity contribution in [3.63, 3.8) is 0 Å². The van der Waals surface area contributed by atoms with Gasteiger partial charge < -0.3 is 5.32 Å². The summed E-state index contributed by atoms with van der Waals surface area (Å²) in [6, 6.07) is 6.66. The summed E-state index contributed by atoms with van der Waals surface area (Å²) in [6.07, 6.45) is 1.79. The number of nitrogens with two attached hydrogens (primary N) is 1. The summed E-state index contributed by atoms with van der Waals surface area (Å²) >= 11 is 0. The number of nitrogens with one attached hydrogen (secondary N) is 2. The number of hydrogen-bond acceptors (Lipinski definition) is 4. The van der Waals surface area contributed by atoms with Crippen LogP contribution in [0.1, 0.15) is 29.8 Å². The molecule has 2 aromatic rings. The molecule has 1 unspecified atom stereocenters. The number of primary sulfonamides is 1. The average Bonchev–Trinajstić information content (AvgIpc) is 2.81. The van der Waals surface area contributed by atoms with Crippen LogP contribution >= 0.6 is 0 Å². The quantitative estimate of drug-likeness (QED) is 0.771. The molecule has 0 aliphatic heterocycles. The maximum atomic E-state index is 11.2. The highest BCUT2D eigenvalue weighted by Crippen LogP contribution is 2.16. The number of sulfonamides is 1. The fraction of sp³-hybridized carbons (Fsp3) is 0.308. The molecule has 0 amide bonds. The van der Waals surface area contributed by atoms with Gasteiger partial charge in [0, 0.05) is 23.8 Å². The SMILES string of the molecule is Cc1[nH]ncc1CNC(C)c1ccc(S(N)(=O)=O)cc1. The number of aromatic nitrogens is 2. The van der Waals surface area contributed by atoms with E-state index >= 15 is 0 Å². The third kappa shape index (κ3) is 3.44. The predicted octanol–water partition coefficient (Wildman–Crippen LogP) is 1.22. The Morgan fingerprint density at radius 1 is 1.35 bits per heavy atom. The van der Waals surface area contributed by atoms with Crippen molar-refractivity contribution in [1.29, 1.82) is 0 Å². The Balaban J connectivity index is 2.03. The van der Waals surface area contributed by atoms with Gasteiger partial charge in [-0.1, -0.05) is 12.1 Å². The summed E-state index contributed by atoms with van der Waals surface area (Å²) in [7, 11) is -3.63. The lowest BCUT2D eigenvalue weighted by Gasteiger charge is -2.14. The fourth-order valence-corrected chi connectivity index (χ4v) is 2.40. The molecule has 0 bridgehead atoms. The van der Waals surface area contributed by atoms with E-state index in [-0.39, 0.29) is 10.9 Å². The number of aryl methyl sites for hydroxylation is 1. The van der Waals surface area contributed by atoms with Crippen LogP contribution in [0.25, 0.3) is 0 Å². The molecule has 0 spiro atoms. The first-order valence-corrected chi connectivity index (χ1v) is 7.77. The highest BCUT2D eigenvalue weighted by molar-refractivity contribution is 7.89. The smallest absolute Gasteiger partial charge is 0.238 e. The van der Waals surface area contributed by atoms with Crippen LogP contribution < -0.4 is 10.5 Å². The van der Waals surface area contributed by atoms with Crippen molar-refractivity contribution in [3.8, 4) is 0 Å². The van der Waals surface area contributed by atoms with Crippen LogP contribution in [0.3, 0.4) is 0 Å². The Morgan fingerprint density at radius 3 is 2.50 bits per heavy atom. The maximum absolute atomic E-state index is 11.2. The predicted molar refractivity (Wildman–Crippen MR) is 76.4 cm³/mol. The number of aromatic amines is 1. The van der Waals surface area contributed by atoms with Crippen molar-refractivity contribution in [2.75, 3.05) is 0 Å². The van der Waals surface area contributed by atoms with Gasteiger partial charge >= 0.3 is 0 Å². The number of H-pyrrole nitrogens is 1. The third-order valence-corrected chi connectivity index (χ3v) is 4.17. The van der Waals surface area contributed by atoms with Crippen molar-refractivity contribution in [3.05, 3.63) is 47.3 Å². The zero-order chi connectivity index (χ0) is 14.8. The second-order valence-electron chi connectivity index (χ2n) is 4.74. The molecule has 6 nitrogen and oxygen atoms in total. The van der Waals surface area contributed by atoms with E-state index in [1.54, 1.807) is 18.3 Å². The highest BCUT2D eigenvalue weighted by Gasteiger charge is 2.10. The molecule has 0 aliphatic rings. The molecular formula is C13H18N4O2S. The van der Waals surface area contributed by atoms with Crippen LogP contribution in [-0.2, 0) is 16.6 Å². The molecule has 0 aliphatic carbocycles. The van der Waals surface area contributed by atoms with Crippen LogP contribution in [-0.4, -0.2) is 18.6 Å². The van der Waals surface area contributed by atoms with E-state index in [9.17, 15) is 8.42 Å². The number of nitrogens with zero attached hydrogens (tertiary/aromatic N) is 1. The molecule has 4 N–H and O–H groups in total. The minimum atomic E-state index is -3.63. The molecule has 0 saturated carbocycles. The molecule has 0 saturated heterocycles. The van der Waals surface area contributed by atoms with E-state index < -0.39 is 10.0 Å². The summed E-state index contributed by atoms with van der Waals surface area (Å²) in [5, 5.41) is 15.3. The minimum absolute atomic E-state index is 0.0961. The number of hydrogen-bond donors (Lipinski definition) is 3. The van der Waals surface area contributed by atoms with E-state index in [1.165, 1.54) is 12.1 Å². The molecule has 1 aromatic carbocycles. The van der Waals surface area contributed by atoms with Gasteiger partial charge in [-0.25, -0.2) is 13.6 Å². The molecule has 0 fully saturated rings. The van der Waals surface area contributed by atoms with Gasteiger partial charge in [-0.3, -0.25) is 5.10 Å². The van der Waals surface area contributed by atoms with Crippen LogP contribution in [0.15, 0.2) is 35.4 Å². The molecule has 20 heavy (non-hydrogen) atoms. The summed E-state index contributed by atoms with van der Waals surface area (Å²) in [5.41, 5.74) is 3.14. The van der Waals surface area contributed by atoms with E-state index in [4.69, 9.17) is 5.14 Å². The summed E-state index contributed by atoms with van der Waals surface area (Å²) in [6.45, 7) is 4.68. The van der Waals surface area contributed by atoms with Crippen molar-refractivity contribution in [2.45, 2.75) is 31.3 Å². The first-order valence-electron chi connectivity index (χ1n) is 6.23. The fourth-order valence-electron chi connectivity index (χ4n) is 1.88. The van der Waals surface area contributed by atoms with Gasteiger partial charge in [-0.2, -0.15) is 5.10 Å². The summed E-state index contributed by atoms with van der Waals surface area (Å²) < 4.78 is 22.4. The van der Waals surface area contributed by atoms with Gasteiger partial charge in [0.1, 0.15) is 0 Å². The van der Waals surface area contributed by atoms with Crippen LogP contribution in [0.5, 0.6) is 0 Å². The molecule has 0 radical (unpaired) electrons. The van der Waals surface area contributed by atoms with Crippen LogP contribution in [0, 0.1) is 6.92 Å². The largest absolute Gasteiger partial charge is 0.306 e. The van der Waals surface area contributed by atoms with Crippen LogP contribution in [0.2, 0.25) is 0 Å². The molecular weight excluding hydrogens is 276 g/mol. The Bertz CT molecular complexity index is 677. The third-order valence-electron chi connectivity index (χ3n) is 3.24. The van der Waals surface area contributed by atoms with Crippen molar-refractivity contribution in [1.82, 2.24) is 15.5 Å². The van der Waals surface area contributed by atoms with E-state index in [0.717, 1.165) is 16.8 Å². The second-order valence-corrected chi connectivity index (χ2v) is 6.30. The number of rotatable bonds is 5. The lowest BCUT2D eigenvalue weighted by atomic mass is 10.1. The Labute approximate surface area is 118 Å². The van der Waals surface area contributed by atoms with Gasteiger partial charge in [0.2, 0.25) is 10.0 Å². The zero-order valence-corrected chi connectivity index (χ0v) is 12.2. The Morgan fingerprint density at radius 2 is 2.00 bits per heavy atom. The van der Waals surface area contributed by atoms with Gasteiger partial charge in [0.15, 0.2) is 0 Å². The minimum Gasteiger partial charge on any atom is -0.306 e. The first-order chi connectivity index (χ1) is 9.38. The van der Waals surface area contributed by atoms with Gasteiger partial charge in [0.05, 0.1) is 11.1 Å². The molecule has 108 valence electrons. The summed E-state index contributed by atoms with van der Waals surface area (Å²) in [5.74, 6) is 0. The molecule has 1 heterocycles. The zero-order valence-electron chi connectivity index (χ0n) is 11.4. The van der Waals surface area contributed by atoms with Gasteiger partial charge in [-0.15, -0.1) is 0 Å². The molecule has 1 aromatic heterocycles. The van der Waals surface area contributed by atoms with Crippen LogP contribution in [0.4, 0.5) is 0 Å². The van der Waals surface area contributed by atoms with Crippen molar-refractivity contribution in [2.24, 2.45) is 5.14 Å². The Hall–Kier alpha value is -1.70. The van der Waals surface area contributed by atoms with Crippen molar-refractivity contribution >= 4 is 10.0 Å². The lowest BCUT2D eigenvalue weighted by Crippen LogP contribution is -2.18. The average molecular weight is 294 g/mol. The van der Waals surface area contributed by atoms with Gasteiger partial charge in [0.25, 0.3) is 0 Å². The topological polar surface area (TPSA) is 101 Å². The first kappa shape index (κ1) is 14.7. The van der Waals surface area contributed by atoms with E-state index in [2.05, 4.69) is 15.5 Å². The molecule has 7 heteroatoms. The monoisotopic (exact) mass is 294 g/mol. The maximum Gasteiger partial charge on any atom is 0.238 e. The van der Waals surface area contributed by atoms with E-state index in [0.29, 0.717) is 6.54 Å². The van der Waals surface area contributed by atoms with E-state index in [1.807, 2.05) is 13.8 Å². The molecule has 1 atom stereocenters. The van der Waals surface area contributed by atoms with Crippen molar-refractivity contribution < 1.29 is 8.42 Å². The summed E-state index contributed by atoms with van der Waals surface area (Å²) in [4.78, 5) is 0.124.